The number of hydrogen-bond donors (Lipinski definition) is 2. The first-order valence-electron chi connectivity index (χ1n) is 9.28. The number of aromatic nitrogens is 4. The van der Waals surface area contributed by atoms with Crippen LogP contribution in [0.4, 0.5) is 5.95 Å². The van der Waals surface area contributed by atoms with Crippen molar-refractivity contribution in [2.24, 2.45) is 0 Å². The highest BCUT2D eigenvalue weighted by molar-refractivity contribution is 7.52. The number of rotatable bonds is 11. The normalized spacial score (nSPS) is 13.4. The molecular formula is C18H22Cl2N5O5P. The van der Waals surface area contributed by atoms with Crippen LogP contribution in [0.5, 0.6) is 0 Å². The maximum Gasteiger partial charge on any atom is 0.327 e. The second-order valence-electron chi connectivity index (χ2n) is 6.52. The average Bonchev–Trinajstić information content (AvgIpc) is 3.15. The van der Waals surface area contributed by atoms with Gasteiger partial charge in [0.25, 0.3) is 5.56 Å². The van der Waals surface area contributed by atoms with E-state index in [1.807, 2.05) is 6.07 Å². The van der Waals surface area contributed by atoms with E-state index in [4.69, 9.17) is 37.0 Å². The fraction of sp³-hybridized carbons (Fsp3) is 0.389. The van der Waals surface area contributed by atoms with E-state index >= 15 is 0 Å². The van der Waals surface area contributed by atoms with Crippen LogP contribution in [0, 0.1) is 0 Å². The van der Waals surface area contributed by atoms with Crippen molar-refractivity contribution in [2.75, 3.05) is 38.9 Å². The smallest absolute Gasteiger partial charge is 0.327 e. The van der Waals surface area contributed by atoms with Gasteiger partial charge in [-0.2, -0.15) is 5.10 Å². The van der Waals surface area contributed by atoms with Gasteiger partial charge in [0, 0.05) is 20.3 Å². The molecule has 2 aromatic heterocycles. The lowest BCUT2D eigenvalue weighted by Crippen LogP contribution is -2.18. The summed E-state index contributed by atoms with van der Waals surface area (Å²) in [4.78, 5) is 19.6. The van der Waals surface area contributed by atoms with Gasteiger partial charge in [0.2, 0.25) is 5.95 Å². The Morgan fingerprint density at radius 1 is 1.23 bits per heavy atom. The second kappa shape index (κ2) is 10.6. The Hall–Kier alpha value is -1.94. The van der Waals surface area contributed by atoms with E-state index in [9.17, 15) is 9.36 Å². The molecule has 0 fully saturated rings. The van der Waals surface area contributed by atoms with Crippen molar-refractivity contribution >= 4 is 47.8 Å². The molecule has 0 saturated carbocycles. The molecule has 2 N–H and O–H groups in total. The first-order chi connectivity index (χ1) is 14.8. The Bertz CT molecular complexity index is 1150. The molecule has 10 nitrogen and oxygen atoms in total. The Kier molecular flexibility index (Phi) is 8.10. The number of ether oxygens (including phenoxy) is 1. The maximum absolute atomic E-state index is 12.5. The van der Waals surface area contributed by atoms with Gasteiger partial charge in [-0.15, -0.1) is 0 Å². The van der Waals surface area contributed by atoms with Crippen LogP contribution < -0.4 is 10.9 Å². The van der Waals surface area contributed by atoms with Gasteiger partial charge < -0.3 is 19.1 Å². The summed E-state index contributed by atoms with van der Waals surface area (Å²) in [5, 5.41) is 8.19. The summed E-state index contributed by atoms with van der Waals surface area (Å²) < 4.78 is 28.4. The highest BCUT2D eigenvalue weighted by Gasteiger charge is 2.14. The van der Waals surface area contributed by atoms with Gasteiger partial charge in [0.15, 0.2) is 5.52 Å². The Labute approximate surface area is 188 Å². The molecule has 0 aliphatic carbocycles. The van der Waals surface area contributed by atoms with Crippen LogP contribution in [-0.4, -0.2) is 53.3 Å². The third kappa shape index (κ3) is 6.52. The molecule has 3 aromatic rings. The lowest BCUT2D eigenvalue weighted by molar-refractivity contribution is 0.0877. The van der Waals surface area contributed by atoms with Gasteiger partial charge in [-0.25, -0.2) is 4.98 Å². The van der Waals surface area contributed by atoms with Crippen LogP contribution in [-0.2, 0) is 31.4 Å². The summed E-state index contributed by atoms with van der Waals surface area (Å²) in [5.74, 6) is 0.318. The lowest BCUT2D eigenvalue weighted by Gasteiger charge is -2.11. The standard InChI is InChI=1S/C18H22Cl2N5O5P/c1-28-31(2,27)30-8-7-29-6-5-25-16-15(11-22-25)23-18(24-17(16)26)21-10-12-3-4-13(19)14(20)9-12/h3-4,9,11H,5-8,10H2,1-2H3,(H2,21,23,24,26). The highest BCUT2D eigenvalue weighted by atomic mass is 35.5. The number of H-pyrrole nitrogens is 1. The zero-order valence-corrected chi connectivity index (χ0v) is 19.3. The second-order valence-corrected chi connectivity index (χ2v) is 9.50. The van der Waals surface area contributed by atoms with E-state index in [0.717, 1.165) is 5.56 Å². The van der Waals surface area contributed by atoms with E-state index in [1.54, 1.807) is 12.1 Å². The molecule has 0 aliphatic rings. The summed E-state index contributed by atoms with van der Waals surface area (Å²) in [5.41, 5.74) is 1.36. The largest absolute Gasteiger partial charge is 0.377 e. The topological polar surface area (TPSA) is 120 Å². The Morgan fingerprint density at radius 2 is 2.03 bits per heavy atom. The third-order valence-electron chi connectivity index (χ3n) is 4.28. The predicted molar refractivity (Wildman–Crippen MR) is 119 cm³/mol. The van der Waals surface area contributed by atoms with Crippen molar-refractivity contribution in [3.05, 3.63) is 50.4 Å². The summed E-state index contributed by atoms with van der Waals surface area (Å²) in [6, 6.07) is 5.28. The van der Waals surface area contributed by atoms with Crippen molar-refractivity contribution in [2.45, 2.75) is 13.1 Å². The predicted octanol–water partition coefficient (Wildman–Crippen LogP) is 3.54. The molecule has 0 spiro atoms. The van der Waals surface area contributed by atoms with Crippen molar-refractivity contribution < 1.29 is 18.3 Å². The average molecular weight is 490 g/mol. The highest BCUT2D eigenvalue weighted by Crippen LogP contribution is 2.42. The zero-order valence-electron chi connectivity index (χ0n) is 16.9. The van der Waals surface area contributed by atoms with Gasteiger partial charge in [0.05, 0.1) is 42.6 Å². The van der Waals surface area contributed by atoms with Crippen LogP contribution in [0.1, 0.15) is 5.56 Å². The molecule has 1 unspecified atom stereocenters. The van der Waals surface area contributed by atoms with E-state index in [2.05, 4.69) is 20.4 Å². The SMILES string of the molecule is COP(C)(=O)OCCOCCn1ncc2nc(NCc3ccc(Cl)c(Cl)c3)[nH]c(=O)c21. The number of fused-ring (bicyclic) bond motifs is 1. The molecule has 1 aromatic carbocycles. The Balaban J connectivity index is 1.56. The van der Waals surface area contributed by atoms with Crippen molar-refractivity contribution in [1.82, 2.24) is 19.7 Å². The van der Waals surface area contributed by atoms with Crippen LogP contribution in [0.2, 0.25) is 10.0 Å². The quantitative estimate of drug-likeness (QED) is 0.310. The molecule has 3 rings (SSSR count). The molecule has 0 aliphatic heterocycles. The van der Waals surface area contributed by atoms with Crippen molar-refractivity contribution in [1.29, 1.82) is 0 Å². The molecule has 2 heterocycles. The first-order valence-corrected chi connectivity index (χ1v) is 12.0. The molecular weight excluding hydrogens is 468 g/mol. The van der Waals surface area contributed by atoms with Crippen LogP contribution in [0.15, 0.2) is 29.2 Å². The molecule has 0 radical (unpaired) electrons. The number of hydrogen-bond acceptors (Lipinski definition) is 8. The van der Waals surface area contributed by atoms with Gasteiger partial charge in [0.1, 0.15) is 5.52 Å². The minimum absolute atomic E-state index is 0.136. The van der Waals surface area contributed by atoms with E-state index in [-0.39, 0.29) is 25.4 Å². The molecule has 168 valence electrons. The number of anilines is 1. The summed E-state index contributed by atoms with van der Waals surface area (Å²) in [6.07, 6.45) is 1.52. The van der Waals surface area contributed by atoms with E-state index in [1.165, 1.54) is 24.7 Å². The number of halogens is 2. The summed E-state index contributed by atoms with van der Waals surface area (Å²) in [7, 11) is -1.69. The third-order valence-corrected chi connectivity index (χ3v) is 6.33. The van der Waals surface area contributed by atoms with E-state index < -0.39 is 7.60 Å². The fourth-order valence-corrected chi connectivity index (χ4v) is 3.49. The van der Waals surface area contributed by atoms with Crippen molar-refractivity contribution in [3.63, 3.8) is 0 Å². The number of nitrogens with one attached hydrogen (secondary N) is 2. The van der Waals surface area contributed by atoms with Crippen molar-refractivity contribution in [3.8, 4) is 0 Å². The van der Waals surface area contributed by atoms with Gasteiger partial charge in [-0.05, 0) is 17.7 Å². The number of nitrogens with zero attached hydrogens (tertiary/aromatic N) is 3. The molecule has 13 heteroatoms. The Morgan fingerprint density at radius 3 is 2.77 bits per heavy atom. The van der Waals surface area contributed by atoms with Crippen LogP contribution in [0.3, 0.4) is 0 Å². The van der Waals surface area contributed by atoms with Crippen LogP contribution in [0.25, 0.3) is 11.0 Å². The van der Waals surface area contributed by atoms with Gasteiger partial charge >= 0.3 is 7.60 Å². The van der Waals surface area contributed by atoms with Gasteiger partial charge in [-0.3, -0.25) is 19.0 Å². The molecule has 0 bridgehead atoms. The minimum atomic E-state index is -3.01. The fourth-order valence-electron chi connectivity index (χ4n) is 2.66. The number of benzene rings is 1. The zero-order chi connectivity index (χ0) is 22.4. The monoisotopic (exact) mass is 489 g/mol. The molecule has 0 saturated heterocycles. The molecule has 31 heavy (non-hydrogen) atoms. The van der Waals surface area contributed by atoms with Gasteiger partial charge in [-0.1, -0.05) is 29.3 Å². The maximum atomic E-state index is 12.5. The molecule has 1 atom stereocenters. The lowest BCUT2D eigenvalue weighted by atomic mass is 10.2. The minimum Gasteiger partial charge on any atom is -0.377 e. The summed E-state index contributed by atoms with van der Waals surface area (Å²) >= 11 is 11.9. The summed E-state index contributed by atoms with van der Waals surface area (Å²) in [6.45, 7) is 2.80. The first kappa shape index (κ1) is 23.7. The van der Waals surface area contributed by atoms with Crippen LogP contribution >= 0.6 is 30.8 Å². The number of aromatic amines is 1. The molecule has 0 amide bonds. The van der Waals surface area contributed by atoms with E-state index in [0.29, 0.717) is 40.1 Å².